The predicted octanol–water partition coefficient (Wildman–Crippen LogP) is 4.22. The summed E-state index contributed by atoms with van der Waals surface area (Å²) in [5.74, 6) is 3.07. The molecule has 0 bridgehead atoms. The standard InChI is InChI=1S/C23H29N9/c1-30-11-13-31(14-12-30)17-5-6-19(24-15-17)26-22-25-16-18-21(27-22)32-20(29-28-18)7-10-23(32)8-3-2-4-9-23/h5-7,15-16H,2-4,8-14H2,1H3,(H,24,25,26,27). The minimum atomic E-state index is 0.0931. The van der Waals surface area contributed by atoms with Crippen LogP contribution in [-0.4, -0.2) is 58.6 Å². The van der Waals surface area contributed by atoms with E-state index in [-0.39, 0.29) is 5.54 Å². The molecule has 2 fully saturated rings. The molecule has 32 heavy (non-hydrogen) atoms. The SMILES string of the molecule is CN1CCN(c2ccc(Nc3ncc4c(n3)N3C(=CCC35CCCCC5)N=N4)nc2)CC1. The third-order valence-electron chi connectivity index (χ3n) is 7.23. The molecule has 1 saturated carbocycles. The van der Waals surface area contributed by atoms with Gasteiger partial charge in [0.1, 0.15) is 11.5 Å². The number of anilines is 4. The zero-order valence-corrected chi connectivity index (χ0v) is 18.5. The van der Waals surface area contributed by atoms with Crippen molar-refractivity contribution in [2.45, 2.75) is 44.1 Å². The maximum Gasteiger partial charge on any atom is 0.230 e. The second kappa shape index (κ2) is 7.81. The Bertz CT molecular complexity index is 1050. The van der Waals surface area contributed by atoms with E-state index in [1.807, 2.05) is 12.3 Å². The van der Waals surface area contributed by atoms with Gasteiger partial charge in [0.15, 0.2) is 11.6 Å². The fourth-order valence-electron chi connectivity index (χ4n) is 5.36. The number of fused-ring (bicyclic) bond motifs is 4. The fraction of sp³-hybridized carbons (Fsp3) is 0.522. The normalized spacial score (nSPS) is 22.0. The number of likely N-dealkylation sites (N-methyl/N-ethyl adjacent to an activating group) is 1. The van der Waals surface area contributed by atoms with E-state index in [9.17, 15) is 0 Å². The van der Waals surface area contributed by atoms with E-state index in [0.717, 1.165) is 61.4 Å². The summed E-state index contributed by atoms with van der Waals surface area (Å²) < 4.78 is 0. The van der Waals surface area contributed by atoms with E-state index < -0.39 is 0 Å². The minimum Gasteiger partial charge on any atom is -0.368 e. The molecule has 0 unspecified atom stereocenters. The number of hydrogen-bond donors (Lipinski definition) is 1. The zero-order valence-electron chi connectivity index (χ0n) is 18.5. The van der Waals surface area contributed by atoms with E-state index in [0.29, 0.717) is 5.95 Å². The van der Waals surface area contributed by atoms with Crippen LogP contribution in [0.3, 0.4) is 0 Å². The van der Waals surface area contributed by atoms with Crippen molar-refractivity contribution in [1.82, 2.24) is 19.9 Å². The van der Waals surface area contributed by atoms with Crippen LogP contribution < -0.4 is 15.1 Å². The highest BCUT2D eigenvalue weighted by Gasteiger charge is 2.46. The molecular formula is C23H29N9. The lowest BCUT2D eigenvalue weighted by molar-refractivity contribution is 0.299. The van der Waals surface area contributed by atoms with Crippen LogP contribution in [0.1, 0.15) is 38.5 Å². The summed E-state index contributed by atoms with van der Waals surface area (Å²) in [6.07, 6.45) is 13.1. The van der Waals surface area contributed by atoms with Gasteiger partial charge in [-0.25, -0.2) is 9.97 Å². The Kier molecular flexibility index (Phi) is 4.78. The Balaban J connectivity index is 1.23. The average molecular weight is 432 g/mol. The van der Waals surface area contributed by atoms with Gasteiger partial charge in [0.05, 0.1) is 23.6 Å². The molecule has 9 nitrogen and oxygen atoms in total. The first-order valence-corrected chi connectivity index (χ1v) is 11.7. The molecular weight excluding hydrogens is 402 g/mol. The van der Waals surface area contributed by atoms with Crippen molar-refractivity contribution in [2.24, 2.45) is 10.2 Å². The molecule has 0 amide bonds. The predicted molar refractivity (Wildman–Crippen MR) is 125 cm³/mol. The van der Waals surface area contributed by atoms with Crippen LogP contribution in [-0.2, 0) is 0 Å². The number of pyridine rings is 1. The van der Waals surface area contributed by atoms with Crippen molar-refractivity contribution in [3.63, 3.8) is 0 Å². The molecule has 0 atom stereocenters. The third-order valence-corrected chi connectivity index (χ3v) is 7.23. The molecule has 6 rings (SSSR count). The van der Waals surface area contributed by atoms with Gasteiger partial charge in [-0.05, 0) is 44.5 Å². The van der Waals surface area contributed by atoms with Crippen LogP contribution in [0.2, 0.25) is 0 Å². The van der Waals surface area contributed by atoms with Gasteiger partial charge in [-0.3, -0.25) is 0 Å². The van der Waals surface area contributed by atoms with Gasteiger partial charge < -0.3 is 20.0 Å². The topological polar surface area (TPSA) is 85.1 Å². The van der Waals surface area contributed by atoms with Crippen molar-refractivity contribution in [3.8, 4) is 0 Å². The summed E-state index contributed by atoms with van der Waals surface area (Å²) >= 11 is 0. The maximum absolute atomic E-state index is 4.87. The Morgan fingerprint density at radius 2 is 1.78 bits per heavy atom. The highest BCUT2D eigenvalue weighted by Crippen LogP contribution is 2.50. The minimum absolute atomic E-state index is 0.0931. The van der Waals surface area contributed by atoms with Crippen LogP contribution in [0, 0.1) is 0 Å². The molecule has 1 aliphatic carbocycles. The third kappa shape index (κ3) is 3.40. The summed E-state index contributed by atoms with van der Waals surface area (Å²) in [5, 5.41) is 12.1. The van der Waals surface area contributed by atoms with Gasteiger partial charge in [-0.2, -0.15) is 4.98 Å². The van der Waals surface area contributed by atoms with Crippen LogP contribution in [0.25, 0.3) is 0 Å². The molecule has 0 radical (unpaired) electrons. The van der Waals surface area contributed by atoms with Crippen LogP contribution >= 0.6 is 0 Å². The number of rotatable bonds is 3. The van der Waals surface area contributed by atoms with E-state index in [2.05, 4.69) is 59.4 Å². The van der Waals surface area contributed by atoms with Crippen molar-refractivity contribution in [1.29, 1.82) is 0 Å². The molecule has 1 saturated heterocycles. The van der Waals surface area contributed by atoms with Gasteiger partial charge in [0, 0.05) is 26.2 Å². The highest BCUT2D eigenvalue weighted by molar-refractivity contribution is 5.70. The smallest absolute Gasteiger partial charge is 0.230 e. The van der Waals surface area contributed by atoms with Gasteiger partial charge in [0.25, 0.3) is 0 Å². The summed E-state index contributed by atoms with van der Waals surface area (Å²) in [6, 6.07) is 4.12. The van der Waals surface area contributed by atoms with Gasteiger partial charge in [-0.15, -0.1) is 10.2 Å². The molecule has 4 aliphatic rings. The van der Waals surface area contributed by atoms with E-state index >= 15 is 0 Å². The lowest BCUT2D eigenvalue weighted by Gasteiger charge is -2.43. The molecule has 3 aliphatic heterocycles. The van der Waals surface area contributed by atoms with Crippen molar-refractivity contribution in [2.75, 3.05) is 48.3 Å². The van der Waals surface area contributed by atoms with Crippen LogP contribution in [0.15, 0.2) is 46.7 Å². The molecule has 9 heteroatoms. The average Bonchev–Trinajstić information content (AvgIpc) is 3.19. The number of hydrogen-bond acceptors (Lipinski definition) is 9. The Hall–Kier alpha value is -3.07. The molecule has 0 aromatic carbocycles. The van der Waals surface area contributed by atoms with Gasteiger partial charge in [-0.1, -0.05) is 19.3 Å². The molecule has 166 valence electrons. The van der Waals surface area contributed by atoms with Crippen LogP contribution in [0.5, 0.6) is 0 Å². The van der Waals surface area contributed by atoms with Crippen molar-refractivity contribution < 1.29 is 0 Å². The van der Waals surface area contributed by atoms with E-state index in [4.69, 9.17) is 4.98 Å². The lowest BCUT2D eigenvalue weighted by Crippen LogP contribution is -2.46. The summed E-state index contributed by atoms with van der Waals surface area (Å²) in [4.78, 5) is 21.0. The summed E-state index contributed by atoms with van der Waals surface area (Å²) in [6.45, 7) is 4.21. The maximum atomic E-state index is 4.87. The summed E-state index contributed by atoms with van der Waals surface area (Å²) in [5.41, 5.74) is 1.98. The fourth-order valence-corrected chi connectivity index (χ4v) is 5.36. The monoisotopic (exact) mass is 431 g/mol. The molecule has 5 heterocycles. The van der Waals surface area contributed by atoms with E-state index in [1.54, 1.807) is 6.20 Å². The van der Waals surface area contributed by atoms with Gasteiger partial charge in [0.2, 0.25) is 5.95 Å². The quantitative estimate of drug-likeness (QED) is 0.779. The van der Waals surface area contributed by atoms with Crippen LogP contribution in [0.4, 0.5) is 29.0 Å². The highest BCUT2D eigenvalue weighted by atomic mass is 15.4. The Morgan fingerprint density at radius 3 is 2.56 bits per heavy atom. The Labute approximate surface area is 188 Å². The summed E-state index contributed by atoms with van der Waals surface area (Å²) in [7, 11) is 2.17. The second-order valence-electron chi connectivity index (χ2n) is 9.31. The first-order valence-electron chi connectivity index (χ1n) is 11.7. The molecule has 1 spiro atoms. The first-order chi connectivity index (χ1) is 15.7. The number of nitrogens with one attached hydrogen (secondary N) is 1. The van der Waals surface area contributed by atoms with Crippen molar-refractivity contribution >= 4 is 29.0 Å². The number of azo groups is 1. The second-order valence-corrected chi connectivity index (χ2v) is 9.31. The first kappa shape index (κ1) is 19.6. The molecule has 2 aromatic heterocycles. The molecule has 1 N–H and O–H groups in total. The number of nitrogens with zero attached hydrogens (tertiary/aromatic N) is 8. The van der Waals surface area contributed by atoms with Crippen molar-refractivity contribution in [3.05, 3.63) is 36.4 Å². The number of piperazine rings is 1. The van der Waals surface area contributed by atoms with Gasteiger partial charge >= 0.3 is 0 Å². The number of aromatic nitrogens is 3. The zero-order chi connectivity index (χ0) is 21.5. The van der Waals surface area contributed by atoms with E-state index in [1.165, 1.54) is 32.1 Å². The Morgan fingerprint density at radius 1 is 0.938 bits per heavy atom. The largest absolute Gasteiger partial charge is 0.368 e. The molecule has 2 aromatic rings. The lowest BCUT2D eigenvalue weighted by atomic mass is 9.79.